The first-order chi connectivity index (χ1) is 21.0. The van der Waals surface area contributed by atoms with Crippen LogP contribution in [-0.2, 0) is 26.2 Å². The van der Waals surface area contributed by atoms with Crippen LogP contribution in [0.3, 0.4) is 0 Å². The van der Waals surface area contributed by atoms with Crippen LogP contribution in [0.2, 0.25) is 0 Å². The Morgan fingerprint density at radius 3 is 2.14 bits per heavy atom. The van der Waals surface area contributed by atoms with Crippen molar-refractivity contribution in [2.45, 2.75) is 89.7 Å². The number of sulfonamides is 1. The second kappa shape index (κ2) is 14.8. The molecule has 8 nitrogen and oxygen atoms in total. The molecule has 3 aromatic carbocycles. The van der Waals surface area contributed by atoms with Crippen LogP contribution in [-0.4, -0.2) is 50.9 Å². The molecule has 0 spiro atoms. The van der Waals surface area contributed by atoms with Crippen LogP contribution in [0.1, 0.15) is 67.7 Å². The van der Waals surface area contributed by atoms with Gasteiger partial charge >= 0.3 is 0 Å². The summed E-state index contributed by atoms with van der Waals surface area (Å²) < 4.78 is 34.8. The van der Waals surface area contributed by atoms with Crippen molar-refractivity contribution in [2.75, 3.05) is 18.0 Å². The maximum atomic E-state index is 14.4. The maximum Gasteiger partial charge on any atom is 0.264 e. The third-order valence-corrected chi connectivity index (χ3v) is 10.1. The zero-order valence-corrected chi connectivity index (χ0v) is 27.3. The highest BCUT2D eigenvalue weighted by Crippen LogP contribution is 2.29. The van der Waals surface area contributed by atoms with E-state index in [0.717, 1.165) is 54.4 Å². The van der Waals surface area contributed by atoms with Crippen LogP contribution < -0.4 is 14.4 Å². The molecule has 9 heteroatoms. The first-order valence-electron chi connectivity index (χ1n) is 15.4. The Hall–Kier alpha value is -3.85. The number of aryl methyl sites for hydroxylation is 3. The fourth-order valence-corrected chi connectivity index (χ4v) is 7.31. The molecule has 0 aromatic heterocycles. The molecule has 0 aliphatic heterocycles. The molecule has 4 rings (SSSR count). The number of rotatable bonds is 12. The molecule has 236 valence electrons. The van der Waals surface area contributed by atoms with Crippen molar-refractivity contribution in [1.82, 2.24) is 10.2 Å². The number of hydrogen-bond donors (Lipinski definition) is 1. The number of hydrogen-bond acceptors (Lipinski definition) is 5. The zero-order valence-electron chi connectivity index (χ0n) is 26.5. The summed E-state index contributed by atoms with van der Waals surface area (Å²) in [7, 11) is -2.54. The normalized spacial score (nSPS) is 14.5. The van der Waals surface area contributed by atoms with Crippen LogP contribution in [0.15, 0.2) is 71.6 Å². The molecule has 1 unspecified atom stereocenters. The molecular weight excluding hydrogens is 574 g/mol. The van der Waals surface area contributed by atoms with E-state index in [9.17, 15) is 18.0 Å². The summed E-state index contributed by atoms with van der Waals surface area (Å²) in [6, 6.07) is 18.7. The number of nitrogens with zero attached hydrogens (tertiary/aromatic N) is 2. The molecule has 3 aromatic rings. The zero-order chi connectivity index (χ0) is 31.9. The summed E-state index contributed by atoms with van der Waals surface area (Å²) in [5.74, 6) is 0.0155. The number of amides is 2. The lowest BCUT2D eigenvalue weighted by Crippen LogP contribution is -2.54. The van der Waals surface area contributed by atoms with Gasteiger partial charge in [0.15, 0.2) is 0 Å². The van der Waals surface area contributed by atoms with Gasteiger partial charge in [-0.3, -0.25) is 13.9 Å². The predicted molar refractivity (Wildman–Crippen MR) is 174 cm³/mol. The number of benzene rings is 3. The summed E-state index contributed by atoms with van der Waals surface area (Å²) in [6.07, 6.45) is 5.52. The minimum absolute atomic E-state index is 0.0804. The summed E-state index contributed by atoms with van der Waals surface area (Å²) >= 11 is 0. The predicted octanol–water partition coefficient (Wildman–Crippen LogP) is 6.07. The van der Waals surface area contributed by atoms with Gasteiger partial charge in [-0.05, 0) is 81.5 Å². The van der Waals surface area contributed by atoms with Crippen LogP contribution >= 0.6 is 0 Å². The largest absolute Gasteiger partial charge is 0.497 e. The first-order valence-corrected chi connectivity index (χ1v) is 16.9. The van der Waals surface area contributed by atoms with Crippen LogP contribution in [0, 0.1) is 20.8 Å². The van der Waals surface area contributed by atoms with E-state index in [1.807, 2.05) is 64.1 Å². The highest BCUT2D eigenvalue weighted by molar-refractivity contribution is 7.92. The Bertz CT molecular complexity index is 1530. The molecule has 0 bridgehead atoms. The van der Waals surface area contributed by atoms with Crippen molar-refractivity contribution in [3.63, 3.8) is 0 Å². The van der Waals surface area contributed by atoms with E-state index >= 15 is 0 Å². The topological polar surface area (TPSA) is 96.0 Å². The molecule has 1 atom stereocenters. The fraction of sp³-hybridized carbons (Fsp3) is 0.429. The summed E-state index contributed by atoms with van der Waals surface area (Å²) in [4.78, 5) is 29.7. The average molecular weight is 620 g/mol. The quantitative estimate of drug-likeness (QED) is 0.266. The molecular formula is C35H45N3O5S. The van der Waals surface area contributed by atoms with E-state index in [0.29, 0.717) is 17.9 Å². The van der Waals surface area contributed by atoms with Gasteiger partial charge in [0.1, 0.15) is 18.3 Å². The van der Waals surface area contributed by atoms with Gasteiger partial charge in [0.05, 0.1) is 17.7 Å². The number of nitrogens with one attached hydrogen (secondary N) is 1. The molecule has 0 radical (unpaired) electrons. The van der Waals surface area contributed by atoms with Crippen molar-refractivity contribution in [3.8, 4) is 5.75 Å². The van der Waals surface area contributed by atoms with E-state index in [-0.39, 0.29) is 23.4 Å². The molecule has 44 heavy (non-hydrogen) atoms. The first kappa shape index (κ1) is 33.1. The van der Waals surface area contributed by atoms with Gasteiger partial charge in [-0.1, -0.05) is 73.7 Å². The van der Waals surface area contributed by atoms with Crippen molar-refractivity contribution in [2.24, 2.45) is 0 Å². The van der Waals surface area contributed by atoms with Gasteiger partial charge < -0.3 is 15.0 Å². The second-order valence-electron chi connectivity index (χ2n) is 11.8. The molecule has 1 aliphatic rings. The monoisotopic (exact) mass is 619 g/mol. The summed E-state index contributed by atoms with van der Waals surface area (Å²) in [5.41, 5.74) is 3.88. The van der Waals surface area contributed by atoms with Crippen LogP contribution in [0.5, 0.6) is 5.75 Å². The van der Waals surface area contributed by atoms with Gasteiger partial charge in [-0.15, -0.1) is 0 Å². The van der Waals surface area contributed by atoms with Crippen LogP contribution in [0.4, 0.5) is 5.69 Å². The minimum Gasteiger partial charge on any atom is -0.497 e. The molecule has 2 amide bonds. The summed E-state index contributed by atoms with van der Waals surface area (Å²) in [6.45, 7) is 7.24. The number of methoxy groups -OCH3 is 1. The standard InChI is InChI=1S/C35H45N3O5S/c1-6-32(35(40)36-29-10-8-7-9-11-29)37(23-28-15-17-30(43-5)18-16-28)34(39)24-38(33-21-14-26(3)22-27(33)4)44(41,42)31-19-12-25(2)13-20-31/h12-22,29,32H,6-11,23-24H2,1-5H3,(H,36,40). The molecule has 0 saturated heterocycles. The van der Waals surface area contributed by atoms with Crippen molar-refractivity contribution in [1.29, 1.82) is 0 Å². The van der Waals surface area contributed by atoms with Gasteiger partial charge in [0.25, 0.3) is 10.0 Å². The SMILES string of the molecule is CCC(C(=O)NC1CCCCC1)N(Cc1ccc(OC)cc1)C(=O)CN(c1ccc(C)cc1C)S(=O)(=O)c1ccc(C)cc1. The lowest BCUT2D eigenvalue weighted by molar-refractivity contribution is -0.140. The van der Waals surface area contributed by atoms with Gasteiger partial charge in [0.2, 0.25) is 11.8 Å². The van der Waals surface area contributed by atoms with Crippen molar-refractivity contribution in [3.05, 3.63) is 89.0 Å². The van der Waals surface area contributed by atoms with E-state index in [2.05, 4.69) is 5.32 Å². The maximum absolute atomic E-state index is 14.4. The van der Waals surface area contributed by atoms with Crippen molar-refractivity contribution < 1.29 is 22.7 Å². The lowest BCUT2D eigenvalue weighted by atomic mass is 9.95. The number of carbonyl (C=O) groups excluding carboxylic acids is 2. The number of anilines is 1. The van der Waals surface area contributed by atoms with Crippen LogP contribution in [0.25, 0.3) is 0 Å². The minimum atomic E-state index is -4.12. The smallest absolute Gasteiger partial charge is 0.264 e. The highest BCUT2D eigenvalue weighted by atomic mass is 32.2. The number of ether oxygens (including phenoxy) is 1. The lowest BCUT2D eigenvalue weighted by Gasteiger charge is -2.34. The number of carbonyl (C=O) groups is 2. The molecule has 1 aliphatic carbocycles. The van der Waals surface area contributed by atoms with Gasteiger partial charge in [-0.2, -0.15) is 0 Å². The Kier molecular flexibility index (Phi) is 11.1. The Morgan fingerprint density at radius 1 is 0.909 bits per heavy atom. The van der Waals surface area contributed by atoms with E-state index in [1.54, 1.807) is 37.4 Å². The van der Waals surface area contributed by atoms with E-state index in [4.69, 9.17) is 4.74 Å². The molecule has 0 heterocycles. The molecule has 1 fully saturated rings. The molecule has 1 N–H and O–H groups in total. The van der Waals surface area contributed by atoms with Crippen molar-refractivity contribution >= 4 is 27.5 Å². The Balaban J connectivity index is 1.73. The van der Waals surface area contributed by atoms with E-state index in [1.165, 1.54) is 9.21 Å². The fourth-order valence-electron chi connectivity index (χ4n) is 5.83. The third-order valence-electron chi connectivity index (χ3n) is 8.36. The van der Waals surface area contributed by atoms with Gasteiger partial charge in [-0.25, -0.2) is 8.42 Å². The average Bonchev–Trinajstić information content (AvgIpc) is 3.01. The highest BCUT2D eigenvalue weighted by Gasteiger charge is 2.35. The molecule has 1 saturated carbocycles. The Morgan fingerprint density at radius 2 is 1.55 bits per heavy atom. The second-order valence-corrected chi connectivity index (χ2v) is 13.6. The third kappa shape index (κ3) is 8.00. The summed E-state index contributed by atoms with van der Waals surface area (Å²) in [5, 5.41) is 3.19. The van der Waals surface area contributed by atoms with Gasteiger partial charge in [0, 0.05) is 12.6 Å². The Labute approximate surface area is 262 Å². The van der Waals surface area contributed by atoms with E-state index < -0.39 is 28.5 Å².